The van der Waals surface area contributed by atoms with Crippen LogP contribution in [0, 0.1) is 0 Å². The van der Waals surface area contributed by atoms with Crippen LogP contribution in [-0.2, 0) is 6.54 Å². The van der Waals surface area contributed by atoms with Gasteiger partial charge in [-0.3, -0.25) is 4.79 Å². The van der Waals surface area contributed by atoms with E-state index in [0.29, 0.717) is 23.2 Å². The van der Waals surface area contributed by atoms with Crippen molar-refractivity contribution in [1.82, 2.24) is 14.7 Å². The van der Waals surface area contributed by atoms with E-state index >= 15 is 0 Å². The van der Waals surface area contributed by atoms with Crippen molar-refractivity contribution in [3.63, 3.8) is 0 Å². The maximum Gasteiger partial charge on any atom is 0.272 e. The first-order valence-corrected chi connectivity index (χ1v) is 8.10. The minimum atomic E-state index is -0.166. The molecule has 116 valence electrons. The van der Waals surface area contributed by atoms with Crippen LogP contribution in [-0.4, -0.2) is 15.3 Å². The van der Waals surface area contributed by atoms with Crippen molar-refractivity contribution >= 4 is 23.0 Å². The van der Waals surface area contributed by atoms with Gasteiger partial charge in [0, 0.05) is 23.7 Å². The lowest BCUT2D eigenvalue weighted by Crippen LogP contribution is -2.23. The van der Waals surface area contributed by atoms with Crippen LogP contribution in [0.15, 0.2) is 48.7 Å². The van der Waals surface area contributed by atoms with Crippen LogP contribution >= 0.6 is 11.6 Å². The molecule has 23 heavy (non-hydrogen) atoms. The van der Waals surface area contributed by atoms with Gasteiger partial charge in [-0.25, -0.2) is 4.98 Å². The Labute approximate surface area is 139 Å². The molecular weight excluding hydrogens is 310 g/mol. The largest absolute Gasteiger partial charge is 0.346 e. The van der Waals surface area contributed by atoms with Gasteiger partial charge in [0.15, 0.2) is 5.69 Å². The minimum Gasteiger partial charge on any atom is -0.346 e. The number of hydrogen-bond acceptors (Lipinski definition) is 2. The number of pyridine rings is 1. The van der Waals surface area contributed by atoms with Gasteiger partial charge in [-0.15, -0.1) is 0 Å². The van der Waals surface area contributed by atoms with Gasteiger partial charge in [-0.05, 0) is 36.6 Å². The summed E-state index contributed by atoms with van der Waals surface area (Å²) in [7, 11) is 0. The molecule has 4 nitrogen and oxygen atoms in total. The second-order valence-corrected chi connectivity index (χ2v) is 6.23. The number of amides is 1. The lowest BCUT2D eigenvalue weighted by atomic mass is 10.2. The van der Waals surface area contributed by atoms with Crippen molar-refractivity contribution < 1.29 is 4.79 Å². The van der Waals surface area contributed by atoms with Crippen LogP contribution in [0.1, 0.15) is 40.6 Å². The second-order valence-electron chi connectivity index (χ2n) is 5.82. The van der Waals surface area contributed by atoms with Gasteiger partial charge < -0.3 is 9.72 Å². The number of halogens is 1. The smallest absolute Gasteiger partial charge is 0.272 e. The van der Waals surface area contributed by atoms with Crippen LogP contribution < -0.4 is 5.32 Å². The summed E-state index contributed by atoms with van der Waals surface area (Å²) in [5, 5.41) is 3.58. The second kappa shape index (κ2) is 5.70. The topological polar surface area (TPSA) is 46.4 Å². The predicted octanol–water partition coefficient (Wildman–Crippen LogP) is 3.80. The summed E-state index contributed by atoms with van der Waals surface area (Å²) in [4.78, 5) is 17.2. The van der Waals surface area contributed by atoms with Gasteiger partial charge >= 0.3 is 0 Å². The molecule has 0 bridgehead atoms. The summed E-state index contributed by atoms with van der Waals surface area (Å²) in [6, 6.07) is 13.3. The Balaban J connectivity index is 1.61. The van der Waals surface area contributed by atoms with E-state index in [1.807, 2.05) is 53.1 Å². The fraction of sp³-hybridized carbons (Fsp3) is 0.222. The number of carbonyl (C=O) groups excluding carboxylic acids is 1. The Bertz CT molecular complexity index is 883. The number of nitrogens with zero attached hydrogens (tertiary/aromatic N) is 2. The van der Waals surface area contributed by atoms with E-state index in [0.717, 1.165) is 29.7 Å². The van der Waals surface area contributed by atoms with E-state index in [1.165, 1.54) is 0 Å². The molecule has 1 aliphatic carbocycles. The number of benzene rings is 1. The zero-order valence-electron chi connectivity index (χ0n) is 12.5. The molecule has 1 aromatic carbocycles. The number of aromatic nitrogens is 2. The molecule has 1 saturated carbocycles. The van der Waals surface area contributed by atoms with Crippen molar-refractivity contribution in [3.8, 4) is 0 Å². The summed E-state index contributed by atoms with van der Waals surface area (Å²) in [5.41, 5.74) is 2.24. The van der Waals surface area contributed by atoms with E-state index in [9.17, 15) is 4.79 Å². The first kappa shape index (κ1) is 14.3. The fourth-order valence-electron chi connectivity index (χ4n) is 2.76. The SMILES string of the molecule is O=C(NCc1ccccc1Cl)c1nc(C2CC2)n2ccccc12. The Morgan fingerprint density at radius 1 is 1.22 bits per heavy atom. The van der Waals surface area contributed by atoms with E-state index in [-0.39, 0.29) is 5.91 Å². The summed E-state index contributed by atoms with van der Waals surface area (Å²) in [5.74, 6) is 1.30. The lowest BCUT2D eigenvalue weighted by Gasteiger charge is -2.05. The molecule has 2 aromatic heterocycles. The Morgan fingerprint density at radius 2 is 2.00 bits per heavy atom. The molecule has 0 spiro atoms. The molecular formula is C18H16ClN3O. The number of nitrogens with one attached hydrogen (secondary N) is 1. The van der Waals surface area contributed by atoms with Gasteiger partial charge in [-0.2, -0.15) is 0 Å². The number of fused-ring (bicyclic) bond motifs is 1. The molecule has 1 aliphatic rings. The van der Waals surface area contributed by atoms with Crippen LogP contribution in [0.2, 0.25) is 5.02 Å². The third kappa shape index (κ3) is 2.70. The molecule has 0 unspecified atom stereocenters. The molecule has 0 atom stereocenters. The summed E-state index contributed by atoms with van der Waals surface area (Å²) in [6.07, 6.45) is 4.27. The number of rotatable bonds is 4. The fourth-order valence-corrected chi connectivity index (χ4v) is 2.96. The lowest BCUT2D eigenvalue weighted by molar-refractivity contribution is 0.0948. The van der Waals surface area contributed by atoms with Crippen molar-refractivity contribution in [3.05, 3.63) is 70.8 Å². The summed E-state index contributed by atoms with van der Waals surface area (Å²) >= 11 is 6.13. The minimum absolute atomic E-state index is 0.166. The third-order valence-electron chi connectivity index (χ3n) is 4.13. The van der Waals surface area contributed by atoms with Crippen molar-refractivity contribution in [2.75, 3.05) is 0 Å². The normalized spacial score (nSPS) is 14.1. The molecule has 0 aliphatic heterocycles. The van der Waals surface area contributed by atoms with E-state index in [2.05, 4.69) is 10.3 Å². The molecule has 0 radical (unpaired) electrons. The van der Waals surface area contributed by atoms with Crippen molar-refractivity contribution in [2.24, 2.45) is 0 Å². The standard InChI is InChI=1S/C18H16ClN3O/c19-14-6-2-1-5-13(14)11-20-18(23)16-15-7-3-4-10-22(15)17(21-16)12-8-9-12/h1-7,10,12H,8-9,11H2,(H,20,23). The summed E-state index contributed by atoms with van der Waals surface area (Å²) < 4.78 is 2.03. The van der Waals surface area contributed by atoms with Crippen molar-refractivity contribution in [2.45, 2.75) is 25.3 Å². The first-order chi connectivity index (χ1) is 11.2. The highest BCUT2D eigenvalue weighted by atomic mass is 35.5. The Hall–Kier alpha value is -2.33. The highest BCUT2D eigenvalue weighted by molar-refractivity contribution is 6.31. The predicted molar refractivity (Wildman–Crippen MR) is 89.8 cm³/mol. The monoisotopic (exact) mass is 325 g/mol. The maximum absolute atomic E-state index is 12.6. The molecule has 1 amide bonds. The van der Waals surface area contributed by atoms with E-state index in [4.69, 9.17) is 11.6 Å². The van der Waals surface area contributed by atoms with Gasteiger partial charge in [0.2, 0.25) is 0 Å². The molecule has 4 rings (SSSR count). The third-order valence-corrected chi connectivity index (χ3v) is 4.50. The summed E-state index contributed by atoms with van der Waals surface area (Å²) in [6.45, 7) is 0.392. The zero-order chi connectivity index (χ0) is 15.8. The Kier molecular flexibility index (Phi) is 3.54. The average molecular weight is 326 g/mol. The number of imidazole rings is 1. The molecule has 1 N–H and O–H groups in total. The van der Waals surface area contributed by atoms with Gasteiger partial charge in [0.1, 0.15) is 5.82 Å². The van der Waals surface area contributed by atoms with E-state index < -0.39 is 0 Å². The number of hydrogen-bond donors (Lipinski definition) is 1. The highest BCUT2D eigenvalue weighted by Crippen LogP contribution is 2.39. The number of carbonyl (C=O) groups is 1. The van der Waals surface area contributed by atoms with E-state index in [1.54, 1.807) is 0 Å². The van der Waals surface area contributed by atoms with Crippen LogP contribution in [0.4, 0.5) is 0 Å². The molecule has 2 heterocycles. The zero-order valence-corrected chi connectivity index (χ0v) is 13.3. The van der Waals surface area contributed by atoms with Crippen LogP contribution in [0.25, 0.3) is 5.52 Å². The Morgan fingerprint density at radius 3 is 2.78 bits per heavy atom. The molecule has 0 saturated heterocycles. The molecule has 5 heteroatoms. The van der Waals surface area contributed by atoms with Crippen LogP contribution in [0.5, 0.6) is 0 Å². The van der Waals surface area contributed by atoms with Gasteiger partial charge in [0.05, 0.1) is 5.52 Å². The van der Waals surface area contributed by atoms with Gasteiger partial charge in [-0.1, -0.05) is 35.9 Å². The van der Waals surface area contributed by atoms with Gasteiger partial charge in [0.25, 0.3) is 5.91 Å². The average Bonchev–Trinajstić information content (AvgIpc) is 3.34. The molecule has 3 aromatic rings. The highest BCUT2D eigenvalue weighted by Gasteiger charge is 2.30. The first-order valence-electron chi connectivity index (χ1n) is 7.72. The molecule has 1 fully saturated rings. The van der Waals surface area contributed by atoms with Crippen LogP contribution in [0.3, 0.4) is 0 Å². The quantitative estimate of drug-likeness (QED) is 0.793. The van der Waals surface area contributed by atoms with Crippen molar-refractivity contribution in [1.29, 1.82) is 0 Å². The maximum atomic E-state index is 12.6.